The van der Waals surface area contributed by atoms with Crippen molar-refractivity contribution in [1.29, 1.82) is 0 Å². The van der Waals surface area contributed by atoms with Gasteiger partial charge >= 0.3 is 0 Å². The summed E-state index contributed by atoms with van der Waals surface area (Å²) in [7, 11) is 1.30. The maximum atomic E-state index is 10.4. The fraction of sp³-hybridized carbons (Fsp3) is 0. The molecule has 4 nitrogen and oxygen atoms in total. The summed E-state index contributed by atoms with van der Waals surface area (Å²) in [5.74, 6) is 0. The number of hydrogen-bond donors (Lipinski definition) is 1. The van der Waals surface area contributed by atoms with Gasteiger partial charge in [0.15, 0.2) is 5.03 Å². The molecule has 1 aromatic rings. The zero-order valence-corrected chi connectivity index (χ0v) is 7.00. The Morgan fingerprint density at radius 2 is 2.20 bits per heavy atom. The highest BCUT2D eigenvalue weighted by Gasteiger charge is 2.09. The number of halogens is 2. The number of hydrogen-bond acceptors (Lipinski definition) is 3. The van der Waals surface area contributed by atoms with Gasteiger partial charge in [-0.1, -0.05) is 0 Å². The van der Waals surface area contributed by atoms with Crippen molar-refractivity contribution in [3.63, 3.8) is 0 Å². The molecule has 1 aromatic heterocycles. The van der Waals surface area contributed by atoms with Crippen LogP contribution in [0.25, 0.3) is 0 Å². The van der Waals surface area contributed by atoms with Gasteiger partial charge in [-0.25, -0.2) is 13.4 Å². The number of rotatable bonds is 1. The van der Waals surface area contributed by atoms with E-state index < -0.39 is 9.05 Å². The first-order valence-electron chi connectivity index (χ1n) is 2.04. The van der Waals surface area contributed by atoms with Crippen molar-refractivity contribution >= 4 is 32.1 Å². The Balaban J connectivity index is 0.000000810. The normalized spacial score (nSPS) is 10.5. The van der Waals surface area contributed by atoms with Gasteiger partial charge in [0.1, 0.15) is 0 Å². The standard InChI is InChI=1S/C3H3ClN2O2S.ClH/c4-9(7,8)3-1-5-2-6-3;/h1-2H,(H,5,6);1H. The van der Waals surface area contributed by atoms with Gasteiger partial charge in [-0.05, 0) is 0 Å². The largest absolute Gasteiger partial charge is 0.335 e. The monoisotopic (exact) mass is 202 g/mol. The molecule has 7 heteroatoms. The molecule has 0 aromatic carbocycles. The lowest BCUT2D eigenvalue weighted by Crippen LogP contribution is -1.88. The lowest BCUT2D eigenvalue weighted by molar-refractivity contribution is 0.607. The number of nitrogens with zero attached hydrogens (tertiary/aromatic N) is 1. The van der Waals surface area contributed by atoms with Crippen LogP contribution in [0.15, 0.2) is 17.6 Å². The number of aromatic nitrogens is 2. The zero-order valence-electron chi connectivity index (χ0n) is 4.61. The second kappa shape index (κ2) is 3.23. The van der Waals surface area contributed by atoms with Crippen LogP contribution in [0.3, 0.4) is 0 Å². The van der Waals surface area contributed by atoms with Gasteiger partial charge in [0.25, 0.3) is 9.05 Å². The number of imidazole rings is 1. The zero-order chi connectivity index (χ0) is 6.91. The number of aromatic amines is 1. The maximum Gasteiger partial charge on any atom is 0.278 e. The highest BCUT2D eigenvalue weighted by Crippen LogP contribution is 2.08. The van der Waals surface area contributed by atoms with Crippen LogP contribution in [0.1, 0.15) is 0 Å². The van der Waals surface area contributed by atoms with Crippen LogP contribution >= 0.6 is 23.1 Å². The molecule has 1 N–H and O–H groups in total. The van der Waals surface area contributed by atoms with E-state index in [1.165, 1.54) is 6.33 Å². The van der Waals surface area contributed by atoms with Crippen molar-refractivity contribution in [2.75, 3.05) is 0 Å². The van der Waals surface area contributed by atoms with E-state index in [9.17, 15) is 8.42 Å². The topological polar surface area (TPSA) is 62.8 Å². The average molecular weight is 203 g/mol. The van der Waals surface area contributed by atoms with Gasteiger partial charge in [-0.15, -0.1) is 12.4 Å². The van der Waals surface area contributed by atoms with Gasteiger partial charge < -0.3 is 4.98 Å². The second-order valence-corrected chi connectivity index (χ2v) is 3.89. The van der Waals surface area contributed by atoms with Crippen LogP contribution in [0, 0.1) is 0 Å². The third-order valence-electron chi connectivity index (χ3n) is 0.736. The summed E-state index contributed by atoms with van der Waals surface area (Å²) in [5.41, 5.74) is 0. The molecule has 0 spiro atoms. The molecule has 58 valence electrons. The van der Waals surface area contributed by atoms with E-state index in [1.807, 2.05) is 0 Å². The molecule has 0 amide bonds. The van der Waals surface area contributed by atoms with Crippen LogP contribution in [-0.4, -0.2) is 18.4 Å². The van der Waals surface area contributed by atoms with E-state index >= 15 is 0 Å². The quantitative estimate of drug-likeness (QED) is 0.685. The molecular formula is C3H4Cl2N2O2S. The molecule has 0 fully saturated rings. The molecule has 10 heavy (non-hydrogen) atoms. The minimum absolute atomic E-state index is 0. The van der Waals surface area contributed by atoms with Crippen molar-refractivity contribution in [2.45, 2.75) is 5.03 Å². The predicted octanol–water partition coefficient (Wildman–Crippen LogP) is 0.759. The third kappa shape index (κ3) is 2.17. The molecule has 1 rings (SSSR count). The maximum absolute atomic E-state index is 10.4. The van der Waals surface area contributed by atoms with Gasteiger partial charge in [0, 0.05) is 10.7 Å². The summed E-state index contributed by atoms with van der Waals surface area (Å²) in [6.45, 7) is 0. The van der Waals surface area contributed by atoms with Crippen LogP contribution in [0.5, 0.6) is 0 Å². The first-order valence-corrected chi connectivity index (χ1v) is 4.34. The van der Waals surface area contributed by atoms with Crippen molar-refractivity contribution in [1.82, 2.24) is 9.97 Å². The molecule has 0 atom stereocenters. The van der Waals surface area contributed by atoms with Gasteiger partial charge in [0.2, 0.25) is 0 Å². The first kappa shape index (κ1) is 9.74. The molecule has 0 saturated heterocycles. The van der Waals surface area contributed by atoms with Crippen LogP contribution in [0.2, 0.25) is 0 Å². The molecular weight excluding hydrogens is 199 g/mol. The van der Waals surface area contributed by atoms with Crippen molar-refractivity contribution in [3.05, 3.63) is 12.5 Å². The van der Waals surface area contributed by atoms with Crippen molar-refractivity contribution in [2.24, 2.45) is 0 Å². The summed E-state index contributed by atoms with van der Waals surface area (Å²) >= 11 is 0. The first-order chi connectivity index (χ1) is 4.11. The Bertz CT molecular complexity index is 279. The van der Waals surface area contributed by atoms with Crippen molar-refractivity contribution in [3.8, 4) is 0 Å². The average Bonchev–Trinajstić information content (AvgIpc) is 2.08. The Kier molecular flexibility index (Phi) is 3.14. The van der Waals surface area contributed by atoms with E-state index in [-0.39, 0.29) is 17.4 Å². The summed E-state index contributed by atoms with van der Waals surface area (Å²) in [5, 5.41) is -0.0795. The molecule has 0 bridgehead atoms. The van der Waals surface area contributed by atoms with Crippen LogP contribution < -0.4 is 0 Å². The lowest BCUT2D eigenvalue weighted by Gasteiger charge is -1.83. The van der Waals surface area contributed by atoms with E-state index in [0.29, 0.717) is 0 Å². The van der Waals surface area contributed by atoms with E-state index in [1.54, 1.807) is 0 Å². The fourth-order valence-corrected chi connectivity index (χ4v) is 1.01. The number of nitrogens with one attached hydrogen (secondary N) is 1. The number of H-pyrrole nitrogens is 1. The molecule has 0 unspecified atom stereocenters. The van der Waals surface area contributed by atoms with Crippen molar-refractivity contribution < 1.29 is 8.42 Å². The molecule has 0 aliphatic carbocycles. The minimum Gasteiger partial charge on any atom is -0.335 e. The van der Waals surface area contributed by atoms with E-state index in [4.69, 9.17) is 10.7 Å². The summed E-state index contributed by atoms with van der Waals surface area (Å²) in [6.07, 6.45) is 2.39. The highest BCUT2D eigenvalue weighted by molar-refractivity contribution is 8.13. The van der Waals surface area contributed by atoms with Crippen LogP contribution in [0.4, 0.5) is 0 Å². The Morgan fingerprint density at radius 1 is 1.60 bits per heavy atom. The van der Waals surface area contributed by atoms with Crippen LogP contribution in [-0.2, 0) is 9.05 Å². The fourth-order valence-electron chi connectivity index (χ4n) is 0.376. The Morgan fingerprint density at radius 3 is 2.40 bits per heavy atom. The minimum atomic E-state index is -3.61. The van der Waals surface area contributed by atoms with E-state index in [2.05, 4.69) is 9.97 Å². The summed E-state index contributed by atoms with van der Waals surface area (Å²) in [4.78, 5) is 5.82. The summed E-state index contributed by atoms with van der Waals surface area (Å²) < 4.78 is 20.8. The Hall–Kier alpha value is -0.260. The molecule has 1 heterocycles. The van der Waals surface area contributed by atoms with Gasteiger partial charge in [0.05, 0.1) is 12.5 Å². The third-order valence-corrected chi connectivity index (χ3v) is 1.98. The highest BCUT2D eigenvalue weighted by atomic mass is 35.7. The second-order valence-electron chi connectivity index (χ2n) is 1.35. The molecule has 0 aliphatic rings. The molecule has 0 saturated carbocycles. The lowest BCUT2D eigenvalue weighted by atomic mass is 11.0. The molecule has 0 radical (unpaired) electrons. The summed E-state index contributed by atoms with van der Waals surface area (Å²) in [6, 6.07) is 0. The SMILES string of the molecule is Cl.O=S(=O)(Cl)c1cnc[nH]1. The molecule has 0 aliphatic heterocycles. The van der Waals surface area contributed by atoms with E-state index in [0.717, 1.165) is 6.20 Å². The van der Waals surface area contributed by atoms with Gasteiger partial charge in [-0.3, -0.25) is 0 Å². The predicted molar refractivity (Wildman–Crippen MR) is 38.9 cm³/mol. The Labute approximate surface area is 68.4 Å². The van der Waals surface area contributed by atoms with Gasteiger partial charge in [-0.2, -0.15) is 0 Å². The smallest absolute Gasteiger partial charge is 0.278 e.